The number of carbonyl (C=O) groups excluding carboxylic acids is 1. The predicted octanol–water partition coefficient (Wildman–Crippen LogP) is 1.50. The van der Waals surface area contributed by atoms with Crippen molar-refractivity contribution in [2.24, 2.45) is 4.99 Å². The predicted molar refractivity (Wildman–Crippen MR) is 44.6 cm³/mol. The molecule has 0 bridgehead atoms. The third-order valence-electron chi connectivity index (χ3n) is 1.60. The maximum atomic E-state index is 10.8. The zero-order chi connectivity index (χ0) is 7.72. The van der Waals surface area contributed by atoms with Gasteiger partial charge in [0.1, 0.15) is 5.04 Å². The van der Waals surface area contributed by atoms with Crippen LogP contribution < -0.4 is 0 Å². The van der Waals surface area contributed by atoms with Gasteiger partial charge in [-0.15, -0.1) is 0 Å². The Hall–Kier alpha value is -0.310. The average molecular weight is 157 g/mol. The highest BCUT2D eigenvalue weighted by Crippen LogP contribution is 2.26. The van der Waals surface area contributed by atoms with Crippen LogP contribution in [0.3, 0.4) is 0 Å². The molecule has 56 valence electrons. The third kappa shape index (κ3) is 1.40. The van der Waals surface area contributed by atoms with Gasteiger partial charge in [-0.05, 0) is 6.92 Å². The molecule has 0 aromatic carbocycles. The number of hydrogen-bond acceptors (Lipinski definition) is 3. The highest BCUT2D eigenvalue weighted by Gasteiger charge is 2.24. The van der Waals surface area contributed by atoms with Crippen LogP contribution in [0.4, 0.5) is 0 Å². The van der Waals surface area contributed by atoms with E-state index < -0.39 is 0 Å². The Kier molecular flexibility index (Phi) is 2.14. The molecular formula is C7H11NOS. The molecule has 0 N–H and O–H groups in total. The first-order valence-corrected chi connectivity index (χ1v) is 4.24. The second-order valence-electron chi connectivity index (χ2n) is 2.55. The zero-order valence-electron chi connectivity index (χ0n) is 6.42. The molecule has 0 radical (unpaired) electrons. The third-order valence-corrected chi connectivity index (χ3v) is 2.98. The molecule has 0 spiro atoms. The summed E-state index contributed by atoms with van der Waals surface area (Å²) in [7, 11) is 0. The second kappa shape index (κ2) is 2.74. The molecule has 2 unspecified atom stereocenters. The molecule has 2 atom stereocenters. The Morgan fingerprint density at radius 3 is 2.40 bits per heavy atom. The van der Waals surface area contributed by atoms with Crippen molar-refractivity contribution in [2.75, 3.05) is 0 Å². The van der Waals surface area contributed by atoms with Gasteiger partial charge in [0.2, 0.25) is 0 Å². The van der Waals surface area contributed by atoms with Crippen molar-refractivity contribution < 1.29 is 4.79 Å². The summed E-state index contributed by atoms with van der Waals surface area (Å²) in [6.45, 7) is 5.69. The Balaban J connectivity index is 2.67. The van der Waals surface area contributed by atoms with Crippen LogP contribution in [0.5, 0.6) is 0 Å². The van der Waals surface area contributed by atoms with E-state index in [-0.39, 0.29) is 5.78 Å². The summed E-state index contributed by atoms with van der Waals surface area (Å²) in [6, 6.07) is 0.309. The van der Waals surface area contributed by atoms with Gasteiger partial charge < -0.3 is 0 Å². The first-order valence-electron chi connectivity index (χ1n) is 3.36. The monoisotopic (exact) mass is 157 g/mol. The van der Waals surface area contributed by atoms with E-state index in [1.165, 1.54) is 0 Å². The number of hydrogen-bond donors (Lipinski definition) is 0. The van der Waals surface area contributed by atoms with Crippen molar-refractivity contribution in [1.82, 2.24) is 0 Å². The molecule has 1 aliphatic rings. The molecule has 0 saturated heterocycles. The lowest BCUT2D eigenvalue weighted by Crippen LogP contribution is -2.07. The minimum atomic E-state index is 0.0983. The van der Waals surface area contributed by atoms with Gasteiger partial charge in [-0.25, -0.2) is 0 Å². The Morgan fingerprint density at radius 2 is 2.20 bits per heavy atom. The fourth-order valence-electron chi connectivity index (χ4n) is 0.769. The molecular weight excluding hydrogens is 146 g/mol. The van der Waals surface area contributed by atoms with Gasteiger partial charge in [-0.3, -0.25) is 9.79 Å². The molecule has 0 amide bonds. The summed E-state index contributed by atoms with van der Waals surface area (Å²) in [5.74, 6) is 0.0983. The first-order chi connectivity index (χ1) is 4.61. The summed E-state index contributed by atoms with van der Waals surface area (Å²) in [4.78, 5) is 15.0. The van der Waals surface area contributed by atoms with Crippen molar-refractivity contribution in [1.29, 1.82) is 0 Å². The van der Waals surface area contributed by atoms with E-state index >= 15 is 0 Å². The molecule has 0 fully saturated rings. The lowest BCUT2D eigenvalue weighted by molar-refractivity contribution is -0.110. The maximum Gasteiger partial charge on any atom is 0.184 e. The summed E-state index contributed by atoms with van der Waals surface area (Å²) < 4.78 is 0. The van der Waals surface area contributed by atoms with Crippen LogP contribution >= 0.6 is 11.8 Å². The number of thioether (sulfide) groups is 1. The Labute approximate surface area is 65.1 Å². The van der Waals surface area contributed by atoms with Crippen LogP contribution in [-0.4, -0.2) is 22.1 Å². The minimum absolute atomic E-state index is 0.0983. The van der Waals surface area contributed by atoms with E-state index in [0.29, 0.717) is 16.3 Å². The molecule has 3 heteroatoms. The van der Waals surface area contributed by atoms with E-state index in [9.17, 15) is 4.79 Å². The summed E-state index contributed by atoms with van der Waals surface area (Å²) in [5, 5.41) is 1.17. The lowest BCUT2D eigenvalue weighted by Gasteiger charge is -2.02. The summed E-state index contributed by atoms with van der Waals surface area (Å²) in [5.41, 5.74) is 0. The van der Waals surface area contributed by atoms with E-state index in [4.69, 9.17) is 0 Å². The van der Waals surface area contributed by atoms with Crippen molar-refractivity contribution in [3.8, 4) is 0 Å². The molecule has 2 nitrogen and oxygen atoms in total. The second-order valence-corrected chi connectivity index (χ2v) is 3.92. The van der Waals surface area contributed by atoms with E-state index in [2.05, 4.69) is 11.9 Å². The van der Waals surface area contributed by atoms with E-state index in [1.807, 2.05) is 6.92 Å². The largest absolute Gasteiger partial charge is 0.292 e. The number of nitrogens with zero attached hydrogens (tertiary/aromatic N) is 1. The van der Waals surface area contributed by atoms with Gasteiger partial charge in [0.25, 0.3) is 0 Å². The average Bonchev–Trinajstić information content (AvgIpc) is 2.13. The number of Topliss-reactive ketones (excluding diaryl/α,β-unsaturated/α-hetero) is 1. The van der Waals surface area contributed by atoms with Crippen molar-refractivity contribution in [3.05, 3.63) is 0 Å². The van der Waals surface area contributed by atoms with Gasteiger partial charge in [0.05, 0.1) is 6.04 Å². The number of ketones is 1. The van der Waals surface area contributed by atoms with Gasteiger partial charge in [0, 0.05) is 12.2 Å². The van der Waals surface area contributed by atoms with Gasteiger partial charge in [0.15, 0.2) is 5.78 Å². The molecule has 0 aromatic heterocycles. The van der Waals surface area contributed by atoms with E-state index in [1.54, 1.807) is 18.7 Å². The van der Waals surface area contributed by atoms with Gasteiger partial charge >= 0.3 is 0 Å². The SMILES string of the molecule is CC(=O)C1=NC(C)C(C)S1. The van der Waals surface area contributed by atoms with Crippen LogP contribution in [-0.2, 0) is 4.79 Å². The number of aliphatic imine (C=N–C) groups is 1. The Bertz CT molecular complexity index is 188. The molecule has 10 heavy (non-hydrogen) atoms. The van der Waals surface area contributed by atoms with Gasteiger partial charge in [-0.2, -0.15) is 0 Å². The number of rotatable bonds is 1. The molecule has 0 aliphatic carbocycles. The molecule has 1 heterocycles. The van der Waals surface area contributed by atoms with Crippen LogP contribution in [0, 0.1) is 0 Å². The molecule has 1 rings (SSSR count). The highest BCUT2D eigenvalue weighted by atomic mass is 32.2. The fraction of sp³-hybridized carbons (Fsp3) is 0.714. The smallest absolute Gasteiger partial charge is 0.184 e. The quantitative estimate of drug-likeness (QED) is 0.577. The van der Waals surface area contributed by atoms with Crippen LogP contribution in [0.25, 0.3) is 0 Å². The van der Waals surface area contributed by atoms with Crippen LogP contribution in [0.2, 0.25) is 0 Å². The van der Waals surface area contributed by atoms with Gasteiger partial charge in [-0.1, -0.05) is 18.7 Å². The van der Waals surface area contributed by atoms with E-state index in [0.717, 1.165) is 0 Å². The zero-order valence-corrected chi connectivity index (χ0v) is 7.23. The standard InChI is InChI=1S/C7H11NOS/c1-4-6(3)10-7(8-4)5(2)9/h4,6H,1-3H3. The minimum Gasteiger partial charge on any atom is -0.292 e. The molecule has 0 saturated carbocycles. The number of carbonyl (C=O) groups is 1. The van der Waals surface area contributed by atoms with Crippen molar-refractivity contribution in [2.45, 2.75) is 32.1 Å². The molecule has 0 aromatic rings. The Morgan fingerprint density at radius 1 is 1.60 bits per heavy atom. The first kappa shape index (κ1) is 7.79. The highest BCUT2D eigenvalue weighted by molar-refractivity contribution is 8.16. The van der Waals surface area contributed by atoms with Crippen LogP contribution in [0.15, 0.2) is 4.99 Å². The fourth-order valence-corrected chi connectivity index (χ4v) is 1.77. The maximum absolute atomic E-state index is 10.8. The molecule has 1 aliphatic heterocycles. The van der Waals surface area contributed by atoms with Crippen molar-refractivity contribution >= 4 is 22.6 Å². The topological polar surface area (TPSA) is 29.4 Å². The summed E-state index contributed by atoms with van der Waals surface area (Å²) >= 11 is 1.58. The summed E-state index contributed by atoms with van der Waals surface area (Å²) in [6.07, 6.45) is 0. The van der Waals surface area contributed by atoms with Crippen LogP contribution in [0.1, 0.15) is 20.8 Å². The normalized spacial score (nSPS) is 32.1. The van der Waals surface area contributed by atoms with Crippen molar-refractivity contribution in [3.63, 3.8) is 0 Å². The lowest BCUT2D eigenvalue weighted by atomic mass is 10.3.